The number of hydrogen-bond donors (Lipinski definition) is 1. The zero-order valence-electron chi connectivity index (χ0n) is 14.3. The highest BCUT2D eigenvalue weighted by Gasteiger charge is 2.09. The number of carbonyl (C=O) groups is 1. The molecule has 0 spiro atoms. The summed E-state index contributed by atoms with van der Waals surface area (Å²) in [6.07, 6.45) is 3.26. The predicted molar refractivity (Wildman–Crippen MR) is 90.5 cm³/mol. The molecular formula is C17H22F2N4O2. The molecule has 136 valence electrons. The molecule has 1 aromatic heterocycles. The Morgan fingerprint density at radius 1 is 1.32 bits per heavy atom. The first-order valence-electron chi connectivity index (χ1n) is 8.14. The highest BCUT2D eigenvalue weighted by molar-refractivity contribution is 5.91. The van der Waals surface area contributed by atoms with Crippen molar-refractivity contribution in [1.29, 1.82) is 0 Å². The number of likely N-dealkylation sites (N-methyl/N-ethyl adjacent to an activating group) is 1. The molecular weight excluding hydrogens is 330 g/mol. The number of nitrogens with one attached hydrogen (secondary N) is 1. The van der Waals surface area contributed by atoms with E-state index in [1.54, 1.807) is 17.1 Å². The molecule has 2 aromatic rings. The topological polar surface area (TPSA) is 59.4 Å². The van der Waals surface area contributed by atoms with Gasteiger partial charge in [0, 0.05) is 18.8 Å². The van der Waals surface area contributed by atoms with Crippen LogP contribution in [0.2, 0.25) is 0 Å². The van der Waals surface area contributed by atoms with Crippen molar-refractivity contribution in [1.82, 2.24) is 14.7 Å². The van der Waals surface area contributed by atoms with Crippen LogP contribution in [-0.2, 0) is 11.3 Å². The normalized spacial score (nSPS) is 10.9. The first kappa shape index (κ1) is 18.9. The van der Waals surface area contributed by atoms with Gasteiger partial charge in [0.2, 0.25) is 0 Å². The van der Waals surface area contributed by atoms with Crippen LogP contribution in [0.4, 0.5) is 14.5 Å². The summed E-state index contributed by atoms with van der Waals surface area (Å²) >= 11 is 0. The van der Waals surface area contributed by atoms with Crippen LogP contribution >= 0.6 is 0 Å². The third-order valence-electron chi connectivity index (χ3n) is 3.71. The monoisotopic (exact) mass is 352 g/mol. The smallest absolute Gasteiger partial charge is 0.262 e. The number of halogens is 2. The van der Waals surface area contributed by atoms with E-state index in [4.69, 9.17) is 4.74 Å². The van der Waals surface area contributed by atoms with Gasteiger partial charge >= 0.3 is 0 Å². The molecule has 0 atom stereocenters. The number of carbonyl (C=O) groups excluding carboxylic acids is 1. The van der Waals surface area contributed by atoms with Crippen molar-refractivity contribution in [2.45, 2.75) is 20.4 Å². The van der Waals surface area contributed by atoms with Gasteiger partial charge in [-0.1, -0.05) is 13.8 Å². The second kappa shape index (κ2) is 9.12. The lowest BCUT2D eigenvalue weighted by molar-refractivity contribution is -0.118. The molecule has 0 aliphatic heterocycles. The lowest BCUT2D eigenvalue weighted by Crippen LogP contribution is -2.27. The average molecular weight is 352 g/mol. The number of aromatic nitrogens is 2. The van der Waals surface area contributed by atoms with E-state index in [9.17, 15) is 13.6 Å². The number of benzene rings is 1. The van der Waals surface area contributed by atoms with Gasteiger partial charge in [0.05, 0.1) is 18.4 Å². The minimum absolute atomic E-state index is 0.175. The zero-order chi connectivity index (χ0) is 18.2. The van der Waals surface area contributed by atoms with E-state index in [2.05, 4.69) is 29.2 Å². The van der Waals surface area contributed by atoms with Gasteiger partial charge in [-0.15, -0.1) is 0 Å². The Balaban J connectivity index is 1.80. The van der Waals surface area contributed by atoms with Gasteiger partial charge in [0.1, 0.15) is 5.82 Å². The first-order valence-corrected chi connectivity index (χ1v) is 8.14. The van der Waals surface area contributed by atoms with Gasteiger partial charge in [0.15, 0.2) is 18.2 Å². The maximum Gasteiger partial charge on any atom is 0.262 e. The van der Waals surface area contributed by atoms with Gasteiger partial charge in [-0.2, -0.15) is 5.10 Å². The standard InChI is InChI=1S/C17H22F2N4O2/c1-3-22(4-2)7-8-23-11-14(10-20-23)21-17(24)12-25-16-6-5-13(18)9-15(16)19/h5-6,9-11H,3-4,7-8,12H2,1-2H3,(H,21,24). The number of amides is 1. The number of rotatable bonds is 9. The molecule has 0 aliphatic rings. The van der Waals surface area contributed by atoms with Crippen LogP contribution in [-0.4, -0.2) is 46.8 Å². The van der Waals surface area contributed by atoms with Crippen LogP contribution < -0.4 is 10.1 Å². The Morgan fingerprint density at radius 3 is 2.76 bits per heavy atom. The molecule has 0 saturated carbocycles. The summed E-state index contributed by atoms with van der Waals surface area (Å²) in [5.74, 6) is -2.18. The Kier molecular flexibility index (Phi) is 6.88. The fourth-order valence-electron chi connectivity index (χ4n) is 2.27. The maximum absolute atomic E-state index is 13.4. The van der Waals surface area contributed by atoms with Crippen molar-refractivity contribution in [2.75, 3.05) is 31.6 Å². The molecule has 0 aliphatic carbocycles. The fourth-order valence-corrected chi connectivity index (χ4v) is 2.27. The number of ether oxygens (including phenoxy) is 1. The molecule has 25 heavy (non-hydrogen) atoms. The third kappa shape index (κ3) is 5.82. The lowest BCUT2D eigenvalue weighted by Gasteiger charge is -2.17. The molecule has 1 amide bonds. The summed E-state index contributed by atoms with van der Waals surface area (Å²) in [6.45, 7) is 7.35. The molecule has 0 fully saturated rings. The highest BCUT2D eigenvalue weighted by Crippen LogP contribution is 2.17. The lowest BCUT2D eigenvalue weighted by atomic mass is 10.3. The SMILES string of the molecule is CCN(CC)CCn1cc(NC(=O)COc2ccc(F)cc2F)cn1. The van der Waals surface area contributed by atoms with E-state index in [1.165, 1.54) is 0 Å². The second-order valence-corrected chi connectivity index (χ2v) is 5.43. The molecule has 0 unspecified atom stereocenters. The molecule has 0 bridgehead atoms. The van der Waals surface area contributed by atoms with E-state index >= 15 is 0 Å². The maximum atomic E-state index is 13.4. The number of hydrogen-bond acceptors (Lipinski definition) is 4. The fraction of sp³-hybridized carbons (Fsp3) is 0.412. The summed E-state index contributed by atoms with van der Waals surface area (Å²) < 4.78 is 33.0. The van der Waals surface area contributed by atoms with E-state index in [0.717, 1.165) is 38.3 Å². The minimum Gasteiger partial charge on any atom is -0.481 e. The predicted octanol–water partition coefficient (Wildman–Crippen LogP) is 2.52. The van der Waals surface area contributed by atoms with Crippen LogP contribution in [0.5, 0.6) is 5.75 Å². The summed E-state index contributed by atoms with van der Waals surface area (Å²) in [4.78, 5) is 14.1. The van der Waals surface area contributed by atoms with Gasteiger partial charge in [-0.25, -0.2) is 8.78 Å². The second-order valence-electron chi connectivity index (χ2n) is 5.43. The van der Waals surface area contributed by atoms with Crippen molar-refractivity contribution in [3.8, 4) is 5.75 Å². The van der Waals surface area contributed by atoms with E-state index in [0.29, 0.717) is 11.8 Å². The van der Waals surface area contributed by atoms with Gasteiger partial charge in [-0.05, 0) is 25.2 Å². The molecule has 1 heterocycles. The summed E-state index contributed by atoms with van der Waals surface area (Å²) in [5.41, 5.74) is 0.535. The Morgan fingerprint density at radius 2 is 2.08 bits per heavy atom. The highest BCUT2D eigenvalue weighted by atomic mass is 19.1. The van der Waals surface area contributed by atoms with Crippen LogP contribution in [0, 0.1) is 11.6 Å². The van der Waals surface area contributed by atoms with Crippen molar-refractivity contribution >= 4 is 11.6 Å². The Labute approximate surface area is 145 Å². The largest absolute Gasteiger partial charge is 0.481 e. The molecule has 6 nitrogen and oxygen atoms in total. The van der Waals surface area contributed by atoms with Crippen molar-refractivity contribution < 1.29 is 18.3 Å². The van der Waals surface area contributed by atoms with Crippen LogP contribution in [0.1, 0.15) is 13.8 Å². The van der Waals surface area contributed by atoms with Crippen LogP contribution in [0.15, 0.2) is 30.6 Å². The summed E-state index contributed by atoms with van der Waals surface area (Å²) in [7, 11) is 0. The molecule has 1 N–H and O–H groups in total. The van der Waals surface area contributed by atoms with Crippen molar-refractivity contribution in [3.63, 3.8) is 0 Å². The van der Waals surface area contributed by atoms with E-state index in [-0.39, 0.29) is 12.4 Å². The third-order valence-corrected chi connectivity index (χ3v) is 3.71. The van der Waals surface area contributed by atoms with Gasteiger partial charge < -0.3 is 15.0 Å². The molecule has 8 heteroatoms. The molecule has 1 aromatic carbocycles. The minimum atomic E-state index is -0.850. The Hall–Kier alpha value is -2.48. The summed E-state index contributed by atoms with van der Waals surface area (Å²) in [5, 5.41) is 6.81. The van der Waals surface area contributed by atoms with Gasteiger partial charge in [-0.3, -0.25) is 9.48 Å². The quantitative estimate of drug-likeness (QED) is 0.753. The average Bonchev–Trinajstić information content (AvgIpc) is 3.02. The van der Waals surface area contributed by atoms with Gasteiger partial charge in [0.25, 0.3) is 5.91 Å². The number of anilines is 1. The van der Waals surface area contributed by atoms with E-state index in [1.807, 2.05) is 0 Å². The van der Waals surface area contributed by atoms with Crippen LogP contribution in [0.25, 0.3) is 0 Å². The molecule has 0 saturated heterocycles. The number of nitrogens with zero attached hydrogens (tertiary/aromatic N) is 3. The summed E-state index contributed by atoms with van der Waals surface area (Å²) in [6, 6.07) is 2.91. The zero-order valence-corrected chi connectivity index (χ0v) is 14.3. The van der Waals surface area contributed by atoms with Crippen LogP contribution in [0.3, 0.4) is 0 Å². The van der Waals surface area contributed by atoms with Crippen molar-refractivity contribution in [3.05, 3.63) is 42.2 Å². The molecule has 0 radical (unpaired) electrons. The first-order chi connectivity index (χ1) is 12.0. The van der Waals surface area contributed by atoms with Crippen molar-refractivity contribution in [2.24, 2.45) is 0 Å². The van der Waals surface area contributed by atoms with E-state index < -0.39 is 17.5 Å². The Bertz CT molecular complexity index is 702. The molecule has 2 rings (SSSR count).